The highest BCUT2D eigenvalue weighted by Crippen LogP contribution is 2.13. The van der Waals surface area contributed by atoms with Crippen LogP contribution in [0, 0.1) is 0 Å². The van der Waals surface area contributed by atoms with E-state index in [0.29, 0.717) is 6.42 Å². The molecule has 0 saturated carbocycles. The molecule has 0 aromatic carbocycles. The third-order valence-corrected chi connectivity index (χ3v) is 7.71. The number of hydrogen-bond acceptors (Lipinski definition) is 7. The Kier molecular flexibility index (Phi) is 26.4. The Morgan fingerprint density at radius 1 is 0.698 bits per heavy atom. The first kappa shape index (κ1) is 41.1. The Bertz CT molecular complexity index is 732. The molecule has 0 aliphatic rings. The highest BCUT2D eigenvalue weighted by molar-refractivity contribution is 5.70. The molecule has 0 amide bonds. The van der Waals surface area contributed by atoms with Gasteiger partial charge in [0.1, 0.15) is 12.6 Å². The van der Waals surface area contributed by atoms with Crippen molar-refractivity contribution in [3.05, 3.63) is 12.2 Å². The van der Waals surface area contributed by atoms with Crippen molar-refractivity contribution >= 4 is 17.9 Å². The Morgan fingerprint density at radius 2 is 1.21 bits per heavy atom. The summed E-state index contributed by atoms with van der Waals surface area (Å²) in [5, 5.41) is 11.4. The number of esters is 2. The monoisotopic (exact) mass is 611 g/mol. The van der Waals surface area contributed by atoms with Crippen molar-refractivity contribution in [3.8, 4) is 0 Å². The molecule has 252 valence electrons. The van der Waals surface area contributed by atoms with Crippen LogP contribution in [0.1, 0.15) is 142 Å². The van der Waals surface area contributed by atoms with Crippen LogP contribution in [-0.4, -0.2) is 75.5 Å². The largest absolute Gasteiger partial charge is 0.544 e. The van der Waals surface area contributed by atoms with Gasteiger partial charge in [-0.3, -0.25) is 9.59 Å². The third kappa shape index (κ3) is 26.2. The van der Waals surface area contributed by atoms with Crippen molar-refractivity contribution in [3.63, 3.8) is 0 Å². The zero-order valence-corrected chi connectivity index (χ0v) is 28.4. The van der Waals surface area contributed by atoms with E-state index in [2.05, 4.69) is 19.1 Å². The number of carboxylic acids is 1. The number of allylic oxidation sites excluding steroid dienone is 2. The molecule has 0 aliphatic heterocycles. The Labute approximate surface area is 263 Å². The molecule has 0 rings (SSSR count). The zero-order valence-electron chi connectivity index (χ0n) is 28.4. The van der Waals surface area contributed by atoms with Crippen molar-refractivity contribution in [2.75, 3.05) is 41.0 Å². The predicted molar refractivity (Wildman–Crippen MR) is 171 cm³/mol. The van der Waals surface area contributed by atoms with E-state index >= 15 is 0 Å². The van der Waals surface area contributed by atoms with Crippen LogP contribution in [0.3, 0.4) is 0 Å². The van der Waals surface area contributed by atoms with Gasteiger partial charge in [0.05, 0.1) is 40.3 Å². The molecular weight excluding hydrogens is 546 g/mol. The first-order valence-corrected chi connectivity index (χ1v) is 17.2. The van der Waals surface area contributed by atoms with Crippen molar-refractivity contribution in [2.45, 2.75) is 154 Å². The minimum absolute atomic E-state index is 0.0368. The van der Waals surface area contributed by atoms with Crippen molar-refractivity contribution < 1.29 is 38.2 Å². The summed E-state index contributed by atoms with van der Waals surface area (Å²) < 4.78 is 16.5. The molecular formula is C35H65NO7. The van der Waals surface area contributed by atoms with Crippen LogP contribution in [0.5, 0.6) is 0 Å². The van der Waals surface area contributed by atoms with Crippen LogP contribution < -0.4 is 5.11 Å². The molecule has 0 N–H and O–H groups in total. The number of nitrogens with zero attached hydrogens (tertiary/aromatic N) is 1. The molecule has 0 spiro atoms. The summed E-state index contributed by atoms with van der Waals surface area (Å²) in [6.45, 7) is 4.09. The second-order valence-corrected chi connectivity index (χ2v) is 12.7. The highest BCUT2D eigenvalue weighted by Gasteiger charge is 2.25. The molecule has 0 aliphatic carbocycles. The quantitative estimate of drug-likeness (QED) is 0.0386. The van der Waals surface area contributed by atoms with Gasteiger partial charge in [-0.15, -0.1) is 0 Å². The molecule has 0 bridgehead atoms. The summed E-state index contributed by atoms with van der Waals surface area (Å²) in [7, 11) is 5.36. The fourth-order valence-corrected chi connectivity index (χ4v) is 4.93. The maximum absolute atomic E-state index is 12.4. The van der Waals surface area contributed by atoms with Crippen molar-refractivity contribution in [1.29, 1.82) is 0 Å². The molecule has 2 atom stereocenters. The van der Waals surface area contributed by atoms with Gasteiger partial charge in [0, 0.05) is 19.3 Å². The number of ether oxygens (including phenoxy) is 3. The smallest absolute Gasteiger partial charge is 0.306 e. The number of quaternary nitrogens is 1. The van der Waals surface area contributed by atoms with Gasteiger partial charge in [-0.2, -0.15) is 0 Å². The number of rotatable bonds is 30. The maximum Gasteiger partial charge on any atom is 0.306 e. The normalized spacial score (nSPS) is 13.2. The van der Waals surface area contributed by atoms with Gasteiger partial charge in [0.15, 0.2) is 6.10 Å². The lowest BCUT2D eigenvalue weighted by Crippen LogP contribution is -2.55. The van der Waals surface area contributed by atoms with Crippen LogP contribution in [0.4, 0.5) is 0 Å². The van der Waals surface area contributed by atoms with Crippen LogP contribution in [0.25, 0.3) is 0 Å². The second kappa shape index (κ2) is 27.6. The van der Waals surface area contributed by atoms with Crippen LogP contribution in [-0.2, 0) is 28.6 Å². The molecule has 0 radical (unpaired) electrons. The van der Waals surface area contributed by atoms with E-state index in [4.69, 9.17) is 14.2 Å². The third-order valence-electron chi connectivity index (χ3n) is 7.71. The van der Waals surface area contributed by atoms with Gasteiger partial charge in [-0.25, -0.2) is 0 Å². The summed E-state index contributed by atoms with van der Waals surface area (Å²) in [6, 6.07) is -0.717. The lowest BCUT2D eigenvalue weighted by molar-refractivity contribution is -0.889. The highest BCUT2D eigenvalue weighted by atomic mass is 16.6. The average Bonchev–Trinajstić information content (AvgIpc) is 2.95. The molecule has 43 heavy (non-hydrogen) atoms. The standard InChI is InChI=1S/C35H65NO7/c1-6-8-9-10-11-12-13-14-15-16-17-18-19-20-21-22-23-24-25-26-34(38)43-31(30-42-33(37)7-2)29-41-28-27-32(35(39)40)36(3,4)5/h14-15,31-32H,6-13,16-30H2,1-5H3/b15-14-. The number of carbonyl (C=O) groups excluding carboxylic acids is 3. The Morgan fingerprint density at radius 3 is 1.70 bits per heavy atom. The van der Waals surface area contributed by atoms with E-state index in [-0.39, 0.29) is 49.1 Å². The number of hydrogen-bond donors (Lipinski definition) is 0. The first-order chi connectivity index (χ1) is 20.6. The fraction of sp³-hybridized carbons (Fsp3) is 0.857. The first-order valence-electron chi connectivity index (χ1n) is 17.2. The number of carboxylic acid groups (broad SMARTS) is 1. The average molecular weight is 612 g/mol. The molecule has 0 fully saturated rings. The lowest BCUT2D eigenvalue weighted by Gasteiger charge is -2.34. The van der Waals surface area contributed by atoms with E-state index in [9.17, 15) is 19.5 Å². The summed E-state index contributed by atoms with van der Waals surface area (Å²) in [6.07, 6.45) is 25.9. The number of aliphatic carboxylic acids is 1. The zero-order chi connectivity index (χ0) is 32.2. The summed E-state index contributed by atoms with van der Waals surface area (Å²) in [5.41, 5.74) is 0. The Balaban J connectivity index is 3.95. The summed E-state index contributed by atoms with van der Waals surface area (Å²) in [4.78, 5) is 35.4. The maximum atomic E-state index is 12.4. The number of unbranched alkanes of at least 4 members (excludes halogenated alkanes) is 15. The second-order valence-electron chi connectivity index (χ2n) is 12.7. The lowest BCUT2D eigenvalue weighted by atomic mass is 10.1. The van der Waals surface area contributed by atoms with Gasteiger partial charge >= 0.3 is 11.9 Å². The van der Waals surface area contributed by atoms with E-state index in [1.807, 2.05) is 0 Å². The number of carbonyl (C=O) groups is 3. The van der Waals surface area contributed by atoms with Gasteiger partial charge in [-0.05, 0) is 32.1 Å². The van der Waals surface area contributed by atoms with Crippen LogP contribution >= 0.6 is 0 Å². The van der Waals surface area contributed by atoms with Crippen LogP contribution in [0.2, 0.25) is 0 Å². The van der Waals surface area contributed by atoms with Gasteiger partial charge < -0.3 is 28.6 Å². The van der Waals surface area contributed by atoms with E-state index in [1.165, 1.54) is 89.9 Å². The topological polar surface area (TPSA) is 102 Å². The Hall–Kier alpha value is -1.93. The minimum atomic E-state index is -1.13. The fourth-order valence-electron chi connectivity index (χ4n) is 4.93. The van der Waals surface area contributed by atoms with E-state index in [0.717, 1.165) is 19.3 Å². The van der Waals surface area contributed by atoms with E-state index < -0.39 is 18.1 Å². The summed E-state index contributed by atoms with van der Waals surface area (Å²) in [5.74, 6) is -1.84. The van der Waals surface area contributed by atoms with Gasteiger partial charge in [-0.1, -0.05) is 103 Å². The molecule has 8 nitrogen and oxygen atoms in total. The van der Waals surface area contributed by atoms with Crippen molar-refractivity contribution in [1.82, 2.24) is 0 Å². The van der Waals surface area contributed by atoms with Gasteiger partial charge in [0.25, 0.3) is 0 Å². The molecule has 0 aromatic rings. The van der Waals surface area contributed by atoms with E-state index in [1.54, 1.807) is 28.1 Å². The molecule has 0 saturated heterocycles. The van der Waals surface area contributed by atoms with Gasteiger partial charge in [0.2, 0.25) is 0 Å². The molecule has 2 unspecified atom stereocenters. The SMILES string of the molecule is CCCCCCCC/C=C\CCCCCCCCCCCC(=O)OC(COCCC(C(=O)[O-])[N+](C)(C)C)COC(=O)CC. The molecule has 0 aromatic heterocycles. The number of likely N-dealkylation sites (N-methyl/N-ethyl adjacent to an activating group) is 1. The molecule has 8 heteroatoms. The van der Waals surface area contributed by atoms with Crippen molar-refractivity contribution in [2.24, 2.45) is 0 Å². The van der Waals surface area contributed by atoms with Crippen LogP contribution in [0.15, 0.2) is 12.2 Å². The summed E-state index contributed by atoms with van der Waals surface area (Å²) >= 11 is 0. The minimum Gasteiger partial charge on any atom is -0.544 e. The molecule has 0 heterocycles. The predicted octanol–water partition coefficient (Wildman–Crippen LogP) is 6.68.